The summed E-state index contributed by atoms with van der Waals surface area (Å²) in [5, 5.41) is 10.6. The van der Waals surface area contributed by atoms with Crippen LogP contribution in [0.4, 0.5) is 0 Å². The minimum Gasteiger partial charge on any atom is -0.290 e. The van der Waals surface area contributed by atoms with Gasteiger partial charge in [-0.25, -0.2) is 0 Å². The van der Waals surface area contributed by atoms with Gasteiger partial charge in [-0.3, -0.25) is 16.0 Å². The van der Waals surface area contributed by atoms with Crippen molar-refractivity contribution in [1.29, 1.82) is 0 Å². The van der Waals surface area contributed by atoms with Crippen molar-refractivity contribution in [1.82, 2.24) is 16.0 Å². The van der Waals surface area contributed by atoms with Crippen LogP contribution in [0.15, 0.2) is 0 Å². The lowest BCUT2D eigenvalue weighted by molar-refractivity contribution is 0.230. The van der Waals surface area contributed by atoms with Gasteiger partial charge in [-0.2, -0.15) is 0 Å². The van der Waals surface area contributed by atoms with Crippen LogP contribution in [0.2, 0.25) is 0 Å². The summed E-state index contributed by atoms with van der Waals surface area (Å²) in [6.45, 7) is 0. The first-order valence-electron chi connectivity index (χ1n) is 3.91. The van der Waals surface area contributed by atoms with E-state index in [4.69, 9.17) is 0 Å². The Labute approximate surface area is 91.3 Å². The highest BCUT2D eigenvalue weighted by Crippen LogP contribution is 2.14. The van der Waals surface area contributed by atoms with Crippen LogP contribution >= 0.6 is 31.9 Å². The van der Waals surface area contributed by atoms with Crippen LogP contribution in [0.25, 0.3) is 0 Å². The summed E-state index contributed by atoms with van der Waals surface area (Å²) in [6.07, 6.45) is 0.960. The Morgan fingerprint density at radius 1 is 1.17 bits per heavy atom. The maximum atomic E-state index is 3.57. The zero-order valence-corrected chi connectivity index (χ0v) is 10.9. The number of hydrogen-bond donors (Lipinski definition) is 3. The summed E-state index contributed by atoms with van der Waals surface area (Å²) >= 11 is 6.99. The standard InChI is InChI=1S/C7H17Br2N3/c1-10-7(11-2,12-3)4-6(9)5-8/h6,10-12H,4-5H2,1-3H3. The van der Waals surface area contributed by atoms with E-state index in [9.17, 15) is 0 Å². The van der Waals surface area contributed by atoms with Gasteiger partial charge < -0.3 is 0 Å². The smallest absolute Gasteiger partial charge is 0.123 e. The number of halogens is 2. The molecule has 0 fully saturated rings. The molecule has 5 heteroatoms. The monoisotopic (exact) mass is 301 g/mol. The number of rotatable bonds is 6. The predicted octanol–water partition coefficient (Wildman–Crippen LogP) is 0.847. The molecule has 0 aromatic carbocycles. The maximum absolute atomic E-state index is 3.57. The SMILES string of the molecule is CNC(CC(Br)CBr)(NC)NC. The fourth-order valence-corrected chi connectivity index (χ4v) is 1.78. The summed E-state index contributed by atoms with van der Waals surface area (Å²) in [5.41, 5.74) is 0. The Morgan fingerprint density at radius 3 is 1.83 bits per heavy atom. The number of nitrogens with one attached hydrogen (secondary N) is 3. The fourth-order valence-electron chi connectivity index (χ4n) is 1.07. The molecule has 1 unspecified atom stereocenters. The highest BCUT2D eigenvalue weighted by Gasteiger charge is 2.26. The van der Waals surface area contributed by atoms with Crippen LogP contribution < -0.4 is 16.0 Å². The number of alkyl halides is 2. The molecule has 0 amide bonds. The van der Waals surface area contributed by atoms with Gasteiger partial charge in [-0.1, -0.05) is 31.9 Å². The van der Waals surface area contributed by atoms with Crippen LogP contribution in [-0.2, 0) is 0 Å². The maximum Gasteiger partial charge on any atom is 0.123 e. The molecule has 0 aromatic heterocycles. The molecule has 0 saturated carbocycles. The summed E-state index contributed by atoms with van der Waals surface area (Å²) < 4.78 is 0. The first kappa shape index (κ1) is 12.8. The fraction of sp³-hybridized carbons (Fsp3) is 1.00. The van der Waals surface area contributed by atoms with E-state index in [0.717, 1.165) is 11.8 Å². The van der Waals surface area contributed by atoms with Gasteiger partial charge in [0.25, 0.3) is 0 Å². The quantitative estimate of drug-likeness (QED) is 0.503. The van der Waals surface area contributed by atoms with E-state index in [1.165, 1.54) is 0 Å². The van der Waals surface area contributed by atoms with Crippen LogP contribution in [-0.4, -0.2) is 37.1 Å². The Kier molecular flexibility index (Phi) is 6.76. The molecule has 0 radical (unpaired) electrons. The molecule has 0 aromatic rings. The summed E-state index contributed by atoms with van der Waals surface area (Å²) in [5.74, 6) is -0.179. The molecule has 0 aliphatic carbocycles. The molecular formula is C7H17Br2N3. The van der Waals surface area contributed by atoms with Gasteiger partial charge in [0, 0.05) is 16.6 Å². The van der Waals surface area contributed by atoms with E-state index in [1.54, 1.807) is 0 Å². The highest BCUT2D eigenvalue weighted by atomic mass is 79.9. The van der Waals surface area contributed by atoms with Gasteiger partial charge in [0.1, 0.15) is 5.79 Å². The summed E-state index contributed by atoms with van der Waals surface area (Å²) in [7, 11) is 5.79. The van der Waals surface area contributed by atoms with Gasteiger partial charge in [0.15, 0.2) is 0 Å². The van der Waals surface area contributed by atoms with Crippen molar-refractivity contribution in [2.75, 3.05) is 26.5 Å². The van der Waals surface area contributed by atoms with Gasteiger partial charge in [-0.05, 0) is 21.1 Å². The van der Waals surface area contributed by atoms with Crippen molar-refractivity contribution in [3.63, 3.8) is 0 Å². The third kappa shape index (κ3) is 3.70. The summed E-state index contributed by atoms with van der Waals surface area (Å²) in [6, 6.07) is 0. The van der Waals surface area contributed by atoms with Gasteiger partial charge in [0.05, 0.1) is 0 Å². The second-order valence-corrected chi connectivity index (χ2v) is 4.55. The molecule has 0 aliphatic heterocycles. The molecule has 0 saturated heterocycles. The van der Waals surface area contributed by atoms with Crippen molar-refractivity contribution in [3.05, 3.63) is 0 Å². The Morgan fingerprint density at radius 2 is 1.58 bits per heavy atom. The van der Waals surface area contributed by atoms with Crippen molar-refractivity contribution >= 4 is 31.9 Å². The second kappa shape index (κ2) is 6.32. The van der Waals surface area contributed by atoms with Gasteiger partial charge in [0.2, 0.25) is 0 Å². The van der Waals surface area contributed by atoms with Crippen LogP contribution in [0.3, 0.4) is 0 Å². The molecule has 0 heterocycles. The number of hydrogen-bond acceptors (Lipinski definition) is 3. The molecular weight excluding hydrogens is 286 g/mol. The van der Waals surface area contributed by atoms with E-state index in [0.29, 0.717) is 4.83 Å². The molecule has 3 N–H and O–H groups in total. The third-order valence-corrected chi connectivity index (χ3v) is 4.27. The lowest BCUT2D eigenvalue weighted by Gasteiger charge is -2.34. The zero-order valence-electron chi connectivity index (χ0n) is 7.75. The predicted molar refractivity (Wildman–Crippen MR) is 61.0 cm³/mol. The molecule has 0 aliphatic rings. The van der Waals surface area contributed by atoms with Crippen molar-refractivity contribution in [2.24, 2.45) is 0 Å². The largest absolute Gasteiger partial charge is 0.290 e. The van der Waals surface area contributed by atoms with Crippen molar-refractivity contribution in [2.45, 2.75) is 17.0 Å². The molecule has 1 atom stereocenters. The van der Waals surface area contributed by atoms with E-state index >= 15 is 0 Å². The molecule has 12 heavy (non-hydrogen) atoms. The van der Waals surface area contributed by atoms with E-state index < -0.39 is 0 Å². The minimum atomic E-state index is -0.179. The van der Waals surface area contributed by atoms with Crippen LogP contribution in [0.1, 0.15) is 6.42 Å². The first-order valence-corrected chi connectivity index (χ1v) is 5.94. The van der Waals surface area contributed by atoms with E-state index in [1.807, 2.05) is 21.1 Å². The Hall–Kier alpha value is 0.840. The third-order valence-electron chi connectivity index (χ3n) is 1.98. The molecule has 74 valence electrons. The molecule has 0 spiro atoms. The highest BCUT2D eigenvalue weighted by molar-refractivity contribution is 9.12. The van der Waals surface area contributed by atoms with Gasteiger partial charge >= 0.3 is 0 Å². The lowest BCUT2D eigenvalue weighted by Crippen LogP contribution is -2.64. The molecule has 3 nitrogen and oxygen atoms in total. The Bertz CT molecular complexity index is 109. The second-order valence-electron chi connectivity index (χ2n) is 2.61. The van der Waals surface area contributed by atoms with Gasteiger partial charge in [-0.15, -0.1) is 0 Å². The topological polar surface area (TPSA) is 36.1 Å². The van der Waals surface area contributed by atoms with E-state index in [2.05, 4.69) is 47.8 Å². The van der Waals surface area contributed by atoms with Crippen molar-refractivity contribution in [3.8, 4) is 0 Å². The normalized spacial score (nSPS) is 14.8. The van der Waals surface area contributed by atoms with Crippen LogP contribution in [0.5, 0.6) is 0 Å². The van der Waals surface area contributed by atoms with E-state index in [-0.39, 0.29) is 5.79 Å². The minimum absolute atomic E-state index is 0.179. The molecule has 0 bridgehead atoms. The first-order chi connectivity index (χ1) is 5.64. The zero-order chi connectivity index (χ0) is 9.61. The lowest BCUT2D eigenvalue weighted by atomic mass is 10.2. The summed E-state index contributed by atoms with van der Waals surface area (Å²) in [4.78, 5) is 0.449. The molecule has 0 rings (SSSR count). The van der Waals surface area contributed by atoms with Crippen LogP contribution in [0, 0.1) is 0 Å². The van der Waals surface area contributed by atoms with Crippen molar-refractivity contribution < 1.29 is 0 Å². The average molecular weight is 303 g/mol. The Balaban J connectivity index is 4.09. The average Bonchev–Trinajstić information content (AvgIpc) is 2.14.